The van der Waals surface area contributed by atoms with E-state index in [9.17, 15) is 0 Å². The minimum Gasteiger partial charge on any atom is -0.455 e. The summed E-state index contributed by atoms with van der Waals surface area (Å²) in [4.78, 5) is 4.78. The number of fused-ring (bicyclic) bond motifs is 9. The number of rotatable bonds is 11. The molecule has 528 valence electrons. The smallest absolute Gasteiger partial charge is 0.143 e. The topological polar surface area (TPSA) is 45.9 Å². The number of hydrogen-bond donors (Lipinski definition) is 0. The van der Waals surface area contributed by atoms with Crippen LogP contribution in [0.3, 0.4) is 0 Å². The lowest BCUT2D eigenvalue weighted by Gasteiger charge is -2.29. The normalized spacial score (nSPS) is 11.7. The lowest BCUT2D eigenvalue weighted by Crippen LogP contribution is -2.11. The van der Waals surface area contributed by atoms with E-state index in [0.29, 0.717) is 0 Å². The van der Waals surface area contributed by atoms with Crippen molar-refractivity contribution in [1.82, 2.24) is 0 Å². The molecule has 3 aromatic heterocycles. The molecule has 0 bridgehead atoms. The molecule has 0 spiro atoms. The Morgan fingerprint density at radius 2 is 0.491 bits per heavy atom. The molecule has 0 aliphatic heterocycles. The number of halogens is 2. The fourth-order valence-corrected chi connectivity index (χ4v) is 18.0. The largest absolute Gasteiger partial charge is 0.455 e. The molecule has 0 fully saturated rings. The van der Waals surface area contributed by atoms with Crippen molar-refractivity contribution in [2.45, 2.75) is 6.42 Å². The van der Waals surface area contributed by atoms with Crippen molar-refractivity contribution < 1.29 is 13.3 Å². The molecular weight excluding hydrogens is 1500 g/mol. The predicted octanol–water partition coefficient (Wildman–Crippen LogP) is 31.6. The predicted molar refractivity (Wildman–Crippen MR) is 479 cm³/mol. The third-order valence-corrected chi connectivity index (χ3v) is 23.7. The lowest BCUT2D eigenvalue weighted by molar-refractivity contribution is 0.669. The van der Waals surface area contributed by atoms with Crippen LogP contribution in [0.5, 0.6) is 0 Å². The zero-order valence-corrected chi connectivity index (χ0v) is 63.7. The molecule has 20 aromatic carbocycles. The first kappa shape index (κ1) is 66.6. The van der Waals surface area contributed by atoms with Crippen molar-refractivity contribution in [2.24, 2.45) is 0 Å². The zero-order chi connectivity index (χ0) is 74.3. The Labute approximate surface area is 662 Å². The van der Waals surface area contributed by atoms with Gasteiger partial charge in [0.15, 0.2) is 0 Å². The first-order valence-corrected chi connectivity index (χ1v) is 39.4. The summed E-state index contributed by atoms with van der Waals surface area (Å²) in [6.07, 6.45) is 0.954. The quantitative estimate of drug-likeness (QED) is 0.121. The maximum absolute atomic E-state index is 6.46. The first-order valence-electron chi connectivity index (χ1n) is 37.8. The highest BCUT2D eigenvalue weighted by atomic mass is 79.9. The van der Waals surface area contributed by atoms with Crippen LogP contribution in [0.1, 0.15) is 11.1 Å². The van der Waals surface area contributed by atoms with E-state index in [1.165, 1.54) is 92.1 Å². The average Bonchev–Trinajstić information content (AvgIpc) is 1.08. The van der Waals surface area contributed by atoms with Gasteiger partial charge in [0.05, 0.1) is 11.4 Å². The molecule has 3 heterocycles. The van der Waals surface area contributed by atoms with Crippen LogP contribution >= 0.6 is 31.9 Å². The molecule has 0 aliphatic carbocycles. The number of anilines is 6. The van der Waals surface area contributed by atoms with Crippen LogP contribution < -0.4 is 9.80 Å². The van der Waals surface area contributed by atoms with Gasteiger partial charge in [-0.1, -0.05) is 329 Å². The maximum atomic E-state index is 6.46. The van der Waals surface area contributed by atoms with Gasteiger partial charge in [-0.3, -0.25) is 0 Å². The molecule has 0 amide bonds. The van der Waals surface area contributed by atoms with Gasteiger partial charge in [0.2, 0.25) is 0 Å². The van der Waals surface area contributed by atoms with Crippen LogP contribution in [0.15, 0.2) is 410 Å². The molecule has 112 heavy (non-hydrogen) atoms. The summed E-state index contributed by atoms with van der Waals surface area (Å²) in [7, 11) is 0. The Kier molecular flexibility index (Phi) is 16.6. The Bertz CT molecular complexity index is 7130. The maximum Gasteiger partial charge on any atom is 0.143 e. The SMILES string of the molecule is Brc1ccc2ccc3c(Br)ccc4ccc1c2c43.c1ccc(Cc2ccc(-c3cccc4c3oc3ccccc34)cc2)cc1.c1ccc(N(c2ccc(-c3cccc4c3oc3ccccc34)cc2)c2ccc3ccc4c(N(c5ccccc5)c5ccc(-c6cccc7c6oc6ccccc67)cc5)ccc5ccc2c3c54)cc1. The van der Waals surface area contributed by atoms with Crippen molar-refractivity contribution in [3.63, 3.8) is 0 Å². The molecule has 7 heteroatoms. The molecule has 0 atom stereocenters. The van der Waals surface area contributed by atoms with Crippen LogP contribution in [-0.2, 0) is 6.42 Å². The molecule has 0 saturated carbocycles. The summed E-state index contributed by atoms with van der Waals surface area (Å²) in [5, 5.41) is 22.0. The second-order valence-corrected chi connectivity index (χ2v) is 30.5. The summed E-state index contributed by atoms with van der Waals surface area (Å²) < 4.78 is 21.4. The number of para-hydroxylation sites is 8. The van der Waals surface area contributed by atoms with Gasteiger partial charge in [-0.2, -0.15) is 0 Å². The van der Waals surface area contributed by atoms with Crippen molar-refractivity contribution in [3.8, 4) is 33.4 Å². The van der Waals surface area contributed by atoms with Crippen LogP contribution in [0, 0.1) is 0 Å². The van der Waals surface area contributed by atoms with Gasteiger partial charge < -0.3 is 23.1 Å². The van der Waals surface area contributed by atoms with Crippen molar-refractivity contribution >= 4 is 196 Å². The lowest BCUT2D eigenvalue weighted by atomic mass is 9.91. The molecular formula is C105H66Br2N2O3. The highest BCUT2D eigenvalue weighted by molar-refractivity contribution is 9.11. The highest BCUT2D eigenvalue weighted by Gasteiger charge is 2.24. The van der Waals surface area contributed by atoms with Crippen molar-refractivity contribution in [1.29, 1.82) is 0 Å². The molecule has 0 unspecified atom stereocenters. The van der Waals surface area contributed by atoms with E-state index in [0.717, 1.165) is 132 Å². The van der Waals surface area contributed by atoms with Gasteiger partial charge in [0.1, 0.15) is 33.5 Å². The van der Waals surface area contributed by atoms with Gasteiger partial charge in [-0.25, -0.2) is 0 Å². The number of hydrogen-bond acceptors (Lipinski definition) is 5. The number of furan rings is 3. The van der Waals surface area contributed by atoms with E-state index >= 15 is 0 Å². The summed E-state index contributed by atoms with van der Waals surface area (Å²) in [5.74, 6) is 0. The van der Waals surface area contributed by atoms with Crippen molar-refractivity contribution in [3.05, 3.63) is 408 Å². The fourth-order valence-electron chi connectivity index (χ4n) is 17.0. The van der Waals surface area contributed by atoms with E-state index in [2.05, 4.69) is 394 Å². The fraction of sp³-hybridized carbons (Fsp3) is 0.00952. The Morgan fingerprint density at radius 3 is 0.875 bits per heavy atom. The van der Waals surface area contributed by atoms with Gasteiger partial charge in [-0.15, -0.1) is 0 Å². The van der Waals surface area contributed by atoms with Gasteiger partial charge in [0, 0.05) is 91.5 Å². The monoisotopic (exact) mass is 1560 g/mol. The van der Waals surface area contributed by atoms with Crippen LogP contribution in [-0.4, -0.2) is 0 Å². The average molecular weight is 1560 g/mol. The Hall–Kier alpha value is -13.6. The molecule has 0 radical (unpaired) electrons. The van der Waals surface area contributed by atoms with E-state index in [1.54, 1.807) is 0 Å². The second kappa shape index (κ2) is 27.8. The van der Waals surface area contributed by atoms with E-state index in [4.69, 9.17) is 13.3 Å². The third kappa shape index (κ3) is 11.6. The summed E-state index contributed by atoms with van der Waals surface area (Å²) in [5.41, 5.74) is 21.4. The first-order chi connectivity index (χ1) is 55.4. The van der Waals surface area contributed by atoms with E-state index in [-0.39, 0.29) is 0 Å². The number of nitrogens with zero attached hydrogens (tertiary/aromatic N) is 2. The van der Waals surface area contributed by atoms with Gasteiger partial charge >= 0.3 is 0 Å². The Morgan fingerprint density at radius 1 is 0.205 bits per heavy atom. The summed E-state index contributed by atoms with van der Waals surface area (Å²) in [6.45, 7) is 0. The minimum atomic E-state index is 0.902. The van der Waals surface area contributed by atoms with E-state index in [1.807, 2.05) is 36.4 Å². The van der Waals surface area contributed by atoms with E-state index < -0.39 is 0 Å². The highest BCUT2D eigenvalue weighted by Crippen LogP contribution is 2.50. The molecule has 5 nitrogen and oxygen atoms in total. The Balaban J connectivity index is 0.000000145. The zero-order valence-electron chi connectivity index (χ0n) is 60.5. The third-order valence-electron chi connectivity index (χ3n) is 22.3. The standard InChI is InChI=1S/C64H40N2O2.C25H18O.C16H8Br2/c1-3-13-45(14-4-1)65(47-33-25-41(26-34-47)49-19-11-21-53-51-17-7-9-23-59(51)67-63(49)53)57-39-31-43-30-38-56-58(40-32-44-29-37-55(57)61(43)62(44)56)66(46-15-5-2-6-16-46)48-35-27-42(28-36-48)50-20-12-22-54-52-18-8-10-24-60(52)68-64(50)54;1-2-7-18(8-3-1)17-19-13-15-20(16-14-19)21-10-6-11-23-22-9-4-5-12-24(22)26-25(21)23;17-13-8-4-10-2-6-12-14(18)7-3-9-1-5-11(13)16(10)15(9)12/h1-40H;1-16H,17H2;1-8H. The molecule has 23 aromatic rings. The summed E-state index contributed by atoms with van der Waals surface area (Å²) >= 11 is 7.30. The second-order valence-electron chi connectivity index (χ2n) is 28.7. The van der Waals surface area contributed by atoms with Gasteiger partial charge in [-0.05, 0) is 179 Å². The number of benzene rings is 20. The van der Waals surface area contributed by atoms with Crippen LogP contribution in [0.25, 0.3) is 164 Å². The van der Waals surface area contributed by atoms with Crippen molar-refractivity contribution in [2.75, 3.05) is 9.80 Å². The van der Waals surface area contributed by atoms with Gasteiger partial charge in [0.25, 0.3) is 0 Å². The van der Waals surface area contributed by atoms with Crippen LogP contribution in [0.4, 0.5) is 34.1 Å². The van der Waals surface area contributed by atoms with Crippen LogP contribution in [0.2, 0.25) is 0 Å². The molecule has 0 aliphatic rings. The molecule has 0 saturated heterocycles. The minimum absolute atomic E-state index is 0.902. The molecule has 0 N–H and O–H groups in total. The summed E-state index contributed by atoms with van der Waals surface area (Å²) in [6, 6.07) is 138. The molecule has 23 rings (SSSR count).